The Labute approximate surface area is 168 Å². The van der Waals surface area contributed by atoms with E-state index < -0.39 is 6.10 Å². The maximum Gasteiger partial charge on any atom is 0.0918 e. The number of aliphatic hydroxyl groups excluding tert-OH is 1. The molecule has 3 rings (SSSR count). The third-order valence-electron chi connectivity index (χ3n) is 4.88. The SMILES string of the molecule is CCCN(CCC)CC(O)c1cc(-c2ccccc2)nc(-c2ccccc2)c1. The van der Waals surface area contributed by atoms with E-state index in [1.165, 1.54) is 0 Å². The third-order valence-corrected chi connectivity index (χ3v) is 4.88. The normalized spacial score (nSPS) is 12.3. The number of hydrogen-bond acceptors (Lipinski definition) is 3. The molecule has 3 nitrogen and oxygen atoms in total. The third kappa shape index (κ3) is 5.28. The lowest BCUT2D eigenvalue weighted by atomic mass is 10.0. The van der Waals surface area contributed by atoms with Crippen molar-refractivity contribution in [3.05, 3.63) is 78.4 Å². The average molecular weight is 375 g/mol. The van der Waals surface area contributed by atoms with E-state index >= 15 is 0 Å². The summed E-state index contributed by atoms with van der Waals surface area (Å²) in [4.78, 5) is 7.23. The fourth-order valence-electron chi connectivity index (χ4n) is 3.53. The van der Waals surface area contributed by atoms with E-state index in [9.17, 15) is 5.11 Å². The lowest BCUT2D eigenvalue weighted by Gasteiger charge is -2.24. The second kappa shape index (κ2) is 10.2. The van der Waals surface area contributed by atoms with Crippen LogP contribution in [-0.2, 0) is 0 Å². The number of aromatic nitrogens is 1. The molecule has 0 aliphatic rings. The summed E-state index contributed by atoms with van der Waals surface area (Å²) in [5.74, 6) is 0. The number of hydrogen-bond donors (Lipinski definition) is 1. The van der Waals surface area contributed by atoms with Crippen molar-refractivity contribution in [1.29, 1.82) is 0 Å². The molecule has 1 heterocycles. The summed E-state index contributed by atoms with van der Waals surface area (Å²) in [7, 11) is 0. The van der Waals surface area contributed by atoms with Crippen molar-refractivity contribution in [2.75, 3.05) is 19.6 Å². The van der Waals surface area contributed by atoms with Gasteiger partial charge in [-0.05, 0) is 43.6 Å². The molecule has 0 aliphatic heterocycles. The molecule has 1 unspecified atom stereocenters. The van der Waals surface area contributed by atoms with Gasteiger partial charge in [-0.25, -0.2) is 4.98 Å². The highest BCUT2D eigenvalue weighted by Crippen LogP contribution is 2.28. The highest BCUT2D eigenvalue weighted by atomic mass is 16.3. The molecule has 1 N–H and O–H groups in total. The fourth-order valence-corrected chi connectivity index (χ4v) is 3.53. The van der Waals surface area contributed by atoms with Crippen LogP contribution in [0.15, 0.2) is 72.8 Å². The second-order valence-corrected chi connectivity index (χ2v) is 7.22. The molecule has 0 saturated carbocycles. The molecule has 0 bridgehead atoms. The van der Waals surface area contributed by atoms with Crippen LogP contribution in [0.1, 0.15) is 38.4 Å². The van der Waals surface area contributed by atoms with Crippen LogP contribution in [0.2, 0.25) is 0 Å². The van der Waals surface area contributed by atoms with E-state index in [0.29, 0.717) is 6.54 Å². The Morgan fingerprint density at radius 1 is 0.786 bits per heavy atom. The number of pyridine rings is 1. The van der Waals surface area contributed by atoms with E-state index in [0.717, 1.165) is 54.0 Å². The molecule has 0 saturated heterocycles. The van der Waals surface area contributed by atoms with Crippen molar-refractivity contribution in [3.8, 4) is 22.5 Å². The number of rotatable bonds is 9. The summed E-state index contributed by atoms with van der Waals surface area (Å²) < 4.78 is 0. The monoisotopic (exact) mass is 374 g/mol. The zero-order valence-corrected chi connectivity index (χ0v) is 16.9. The molecule has 28 heavy (non-hydrogen) atoms. The van der Waals surface area contributed by atoms with Crippen molar-refractivity contribution >= 4 is 0 Å². The summed E-state index contributed by atoms with van der Waals surface area (Å²) in [5.41, 5.74) is 4.84. The standard InChI is InChI=1S/C25H30N2O/c1-3-15-27(16-4-2)19-25(28)22-17-23(20-11-7-5-8-12-20)26-24(18-22)21-13-9-6-10-14-21/h5-14,17-18,25,28H,3-4,15-16,19H2,1-2H3. The molecular formula is C25H30N2O. The fraction of sp³-hybridized carbons (Fsp3) is 0.320. The van der Waals surface area contributed by atoms with E-state index in [2.05, 4.69) is 43.0 Å². The summed E-state index contributed by atoms with van der Waals surface area (Å²) in [6.07, 6.45) is 1.65. The second-order valence-electron chi connectivity index (χ2n) is 7.22. The van der Waals surface area contributed by atoms with E-state index in [1.54, 1.807) is 0 Å². The Morgan fingerprint density at radius 2 is 1.25 bits per heavy atom. The predicted molar refractivity (Wildman–Crippen MR) is 117 cm³/mol. The maximum atomic E-state index is 11.0. The van der Waals surface area contributed by atoms with Gasteiger partial charge in [0.05, 0.1) is 17.5 Å². The summed E-state index contributed by atoms with van der Waals surface area (Å²) in [6.45, 7) is 7.03. The van der Waals surface area contributed by atoms with Crippen molar-refractivity contribution in [3.63, 3.8) is 0 Å². The molecule has 3 heteroatoms. The largest absolute Gasteiger partial charge is 0.387 e. The lowest BCUT2D eigenvalue weighted by Crippen LogP contribution is -2.30. The average Bonchev–Trinajstić information content (AvgIpc) is 2.75. The zero-order valence-electron chi connectivity index (χ0n) is 16.9. The number of aliphatic hydroxyl groups is 1. The Kier molecular flexibility index (Phi) is 7.35. The molecule has 0 amide bonds. The number of benzene rings is 2. The summed E-state index contributed by atoms with van der Waals surface area (Å²) in [6, 6.07) is 24.4. The van der Waals surface area contributed by atoms with E-state index in [-0.39, 0.29) is 0 Å². The van der Waals surface area contributed by atoms with Gasteiger partial charge in [0.2, 0.25) is 0 Å². The predicted octanol–water partition coefficient (Wildman–Crippen LogP) is 5.57. The van der Waals surface area contributed by atoms with Crippen molar-refractivity contribution in [2.24, 2.45) is 0 Å². The van der Waals surface area contributed by atoms with Crippen LogP contribution < -0.4 is 0 Å². The van der Waals surface area contributed by atoms with Gasteiger partial charge in [0.1, 0.15) is 0 Å². The van der Waals surface area contributed by atoms with Gasteiger partial charge in [-0.2, -0.15) is 0 Å². The van der Waals surface area contributed by atoms with Crippen LogP contribution in [0.5, 0.6) is 0 Å². The van der Waals surface area contributed by atoms with Gasteiger partial charge in [-0.15, -0.1) is 0 Å². The van der Waals surface area contributed by atoms with Gasteiger partial charge in [-0.3, -0.25) is 0 Å². The molecule has 0 spiro atoms. The zero-order chi connectivity index (χ0) is 19.8. The van der Waals surface area contributed by atoms with Crippen LogP contribution in [-0.4, -0.2) is 34.6 Å². The van der Waals surface area contributed by atoms with Crippen molar-refractivity contribution in [2.45, 2.75) is 32.8 Å². The van der Waals surface area contributed by atoms with Crippen LogP contribution in [0.25, 0.3) is 22.5 Å². The van der Waals surface area contributed by atoms with Crippen LogP contribution >= 0.6 is 0 Å². The smallest absolute Gasteiger partial charge is 0.0918 e. The topological polar surface area (TPSA) is 36.4 Å². The molecule has 0 fully saturated rings. The van der Waals surface area contributed by atoms with Gasteiger partial charge in [0.25, 0.3) is 0 Å². The number of nitrogens with zero attached hydrogens (tertiary/aromatic N) is 2. The van der Waals surface area contributed by atoms with Gasteiger partial charge in [-0.1, -0.05) is 74.5 Å². The van der Waals surface area contributed by atoms with Gasteiger partial charge in [0.15, 0.2) is 0 Å². The maximum absolute atomic E-state index is 11.0. The minimum atomic E-state index is -0.536. The molecular weight excluding hydrogens is 344 g/mol. The summed E-state index contributed by atoms with van der Waals surface area (Å²) >= 11 is 0. The van der Waals surface area contributed by atoms with Gasteiger partial charge < -0.3 is 10.0 Å². The quantitative estimate of drug-likeness (QED) is 0.532. The first-order valence-corrected chi connectivity index (χ1v) is 10.2. The van der Waals surface area contributed by atoms with E-state index in [1.807, 2.05) is 48.5 Å². The Hall–Kier alpha value is -2.49. The van der Waals surface area contributed by atoms with Crippen LogP contribution in [0.3, 0.4) is 0 Å². The Bertz CT molecular complexity index is 785. The van der Waals surface area contributed by atoms with Crippen LogP contribution in [0.4, 0.5) is 0 Å². The molecule has 1 aromatic heterocycles. The first-order valence-electron chi connectivity index (χ1n) is 10.2. The first-order chi connectivity index (χ1) is 13.7. The first kappa shape index (κ1) is 20.2. The molecule has 0 radical (unpaired) electrons. The minimum Gasteiger partial charge on any atom is -0.387 e. The Morgan fingerprint density at radius 3 is 1.68 bits per heavy atom. The van der Waals surface area contributed by atoms with Crippen molar-refractivity contribution < 1.29 is 5.11 Å². The highest BCUT2D eigenvalue weighted by Gasteiger charge is 2.16. The highest BCUT2D eigenvalue weighted by molar-refractivity contribution is 5.67. The molecule has 146 valence electrons. The van der Waals surface area contributed by atoms with E-state index in [4.69, 9.17) is 4.98 Å². The molecule has 1 atom stereocenters. The van der Waals surface area contributed by atoms with Crippen LogP contribution in [0, 0.1) is 0 Å². The Balaban J connectivity index is 1.97. The molecule has 3 aromatic rings. The molecule has 0 aliphatic carbocycles. The van der Waals surface area contributed by atoms with Crippen molar-refractivity contribution in [1.82, 2.24) is 9.88 Å². The van der Waals surface area contributed by atoms with Gasteiger partial charge in [0, 0.05) is 17.7 Å². The molecule has 2 aromatic carbocycles. The summed E-state index contributed by atoms with van der Waals surface area (Å²) in [5, 5.41) is 11.0. The van der Waals surface area contributed by atoms with Gasteiger partial charge >= 0.3 is 0 Å². The minimum absolute atomic E-state index is 0.536. The lowest BCUT2D eigenvalue weighted by molar-refractivity contribution is 0.113.